The van der Waals surface area contributed by atoms with Gasteiger partial charge in [0, 0.05) is 11.1 Å². The number of hydrogen-bond donors (Lipinski definition) is 1. The normalized spacial score (nSPS) is 12.9. The molecule has 0 saturated carbocycles. The molecule has 2 aromatic rings. The van der Waals surface area contributed by atoms with Crippen LogP contribution in [0.2, 0.25) is 0 Å². The lowest BCUT2D eigenvalue weighted by molar-refractivity contribution is 0.492. The Morgan fingerprint density at radius 3 is 2.71 bits per heavy atom. The van der Waals surface area contributed by atoms with E-state index < -0.39 is 0 Å². The van der Waals surface area contributed by atoms with Gasteiger partial charge in [-0.15, -0.1) is 0 Å². The second-order valence-electron chi connectivity index (χ2n) is 4.31. The lowest BCUT2D eigenvalue weighted by atomic mass is 10.0. The van der Waals surface area contributed by atoms with Crippen molar-refractivity contribution in [3.05, 3.63) is 47.3 Å². The van der Waals surface area contributed by atoms with Gasteiger partial charge in [-0.3, -0.25) is 0 Å². The summed E-state index contributed by atoms with van der Waals surface area (Å²) in [6.45, 7) is 7.11. The van der Waals surface area contributed by atoms with Crippen LogP contribution in [0.25, 0.3) is 0 Å². The lowest BCUT2D eigenvalue weighted by Crippen LogP contribution is -2.22. The number of rotatable bonds is 5. The minimum atomic E-state index is 0.158. The molecule has 0 amide bonds. The van der Waals surface area contributed by atoms with E-state index in [0.717, 1.165) is 30.0 Å². The second kappa shape index (κ2) is 5.23. The van der Waals surface area contributed by atoms with Crippen LogP contribution in [-0.4, -0.2) is 6.54 Å². The van der Waals surface area contributed by atoms with Gasteiger partial charge in [-0.05, 0) is 38.9 Å². The topological polar surface area (TPSA) is 38.3 Å². The van der Waals surface area contributed by atoms with Crippen LogP contribution in [0.5, 0.6) is 0 Å². The van der Waals surface area contributed by atoms with Gasteiger partial charge in [0.1, 0.15) is 11.5 Å². The van der Waals surface area contributed by atoms with Gasteiger partial charge in [-0.25, -0.2) is 0 Å². The molecular formula is C14H19NO2. The molecule has 0 bridgehead atoms. The Hall–Kier alpha value is -1.48. The summed E-state index contributed by atoms with van der Waals surface area (Å²) < 4.78 is 10.8. The highest BCUT2D eigenvalue weighted by atomic mass is 16.3. The predicted molar refractivity (Wildman–Crippen MR) is 67.0 cm³/mol. The average Bonchev–Trinajstić information content (AvgIpc) is 2.90. The third-order valence-electron chi connectivity index (χ3n) is 2.87. The van der Waals surface area contributed by atoms with Crippen molar-refractivity contribution in [1.29, 1.82) is 0 Å². The summed E-state index contributed by atoms with van der Waals surface area (Å²) in [5.74, 6) is 1.92. The molecule has 3 nitrogen and oxygen atoms in total. The minimum Gasteiger partial charge on any atom is -0.472 e. The van der Waals surface area contributed by atoms with E-state index in [4.69, 9.17) is 8.83 Å². The summed E-state index contributed by atoms with van der Waals surface area (Å²) in [6, 6.07) is 4.25. The smallest absolute Gasteiger partial charge is 0.106 e. The average molecular weight is 233 g/mol. The van der Waals surface area contributed by atoms with Crippen LogP contribution in [0.3, 0.4) is 0 Å². The molecule has 0 fully saturated rings. The van der Waals surface area contributed by atoms with Crippen LogP contribution in [0, 0.1) is 13.8 Å². The van der Waals surface area contributed by atoms with Crippen molar-refractivity contribution in [3.63, 3.8) is 0 Å². The van der Waals surface area contributed by atoms with Gasteiger partial charge >= 0.3 is 0 Å². The molecular weight excluding hydrogens is 214 g/mol. The first-order valence-electron chi connectivity index (χ1n) is 6.04. The molecule has 0 saturated heterocycles. The van der Waals surface area contributed by atoms with Crippen LogP contribution in [-0.2, 0) is 0 Å². The van der Waals surface area contributed by atoms with Crippen LogP contribution in [0.4, 0.5) is 0 Å². The fourth-order valence-corrected chi connectivity index (χ4v) is 2.07. The Bertz CT molecular complexity index is 457. The van der Waals surface area contributed by atoms with Gasteiger partial charge < -0.3 is 14.2 Å². The molecule has 92 valence electrons. The minimum absolute atomic E-state index is 0.158. The quantitative estimate of drug-likeness (QED) is 0.857. The van der Waals surface area contributed by atoms with Gasteiger partial charge in [0.15, 0.2) is 0 Å². The van der Waals surface area contributed by atoms with E-state index in [1.165, 1.54) is 5.56 Å². The summed E-state index contributed by atoms with van der Waals surface area (Å²) in [5, 5.41) is 3.52. The van der Waals surface area contributed by atoms with Gasteiger partial charge in [0.25, 0.3) is 0 Å². The van der Waals surface area contributed by atoms with Crippen LogP contribution < -0.4 is 5.32 Å². The second-order valence-corrected chi connectivity index (χ2v) is 4.31. The molecule has 0 aromatic carbocycles. The van der Waals surface area contributed by atoms with Crippen molar-refractivity contribution in [3.8, 4) is 0 Å². The molecule has 0 aliphatic rings. The summed E-state index contributed by atoms with van der Waals surface area (Å²) in [6.07, 6.45) is 4.59. The summed E-state index contributed by atoms with van der Waals surface area (Å²) in [5.41, 5.74) is 2.33. The summed E-state index contributed by atoms with van der Waals surface area (Å²) >= 11 is 0. The Labute approximate surface area is 102 Å². The van der Waals surface area contributed by atoms with E-state index in [2.05, 4.69) is 18.3 Å². The first-order valence-corrected chi connectivity index (χ1v) is 6.04. The third kappa shape index (κ3) is 2.61. The first kappa shape index (κ1) is 12.0. The number of nitrogens with one attached hydrogen (secondary N) is 1. The van der Waals surface area contributed by atoms with Crippen molar-refractivity contribution < 1.29 is 8.83 Å². The molecule has 2 aromatic heterocycles. The molecule has 2 heterocycles. The standard InChI is InChI=1S/C14H19NO2/c1-4-6-15-14(12-5-7-16-9-12)13-8-10(2)17-11(13)3/h5,7-9,14-15H,4,6H2,1-3H3. The molecule has 3 heteroatoms. The molecule has 1 N–H and O–H groups in total. The zero-order valence-electron chi connectivity index (χ0n) is 10.6. The number of hydrogen-bond acceptors (Lipinski definition) is 3. The number of furan rings is 2. The molecule has 17 heavy (non-hydrogen) atoms. The van der Waals surface area contributed by atoms with Crippen molar-refractivity contribution >= 4 is 0 Å². The molecule has 2 rings (SSSR count). The number of aryl methyl sites for hydroxylation is 2. The molecule has 1 unspecified atom stereocenters. The predicted octanol–water partition coefficient (Wildman–Crippen LogP) is 3.58. The zero-order valence-corrected chi connectivity index (χ0v) is 10.6. The Kier molecular flexibility index (Phi) is 3.69. The highest BCUT2D eigenvalue weighted by Gasteiger charge is 2.19. The zero-order chi connectivity index (χ0) is 12.3. The highest BCUT2D eigenvalue weighted by Crippen LogP contribution is 2.27. The van der Waals surface area contributed by atoms with Gasteiger partial charge in [0.05, 0.1) is 18.6 Å². The summed E-state index contributed by atoms with van der Waals surface area (Å²) in [7, 11) is 0. The van der Waals surface area contributed by atoms with Gasteiger partial charge in [-0.2, -0.15) is 0 Å². The van der Waals surface area contributed by atoms with Crippen molar-refractivity contribution in [2.45, 2.75) is 33.2 Å². The molecule has 1 atom stereocenters. The van der Waals surface area contributed by atoms with Crippen molar-refractivity contribution in [2.24, 2.45) is 0 Å². The first-order chi connectivity index (χ1) is 8.22. The van der Waals surface area contributed by atoms with E-state index >= 15 is 0 Å². The molecule has 0 aliphatic heterocycles. The van der Waals surface area contributed by atoms with Crippen LogP contribution in [0.1, 0.15) is 42.0 Å². The van der Waals surface area contributed by atoms with Crippen LogP contribution in [0.15, 0.2) is 33.5 Å². The third-order valence-corrected chi connectivity index (χ3v) is 2.87. The molecule has 0 aliphatic carbocycles. The molecule has 0 radical (unpaired) electrons. The fraction of sp³-hybridized carbons (Fsp3) is 0.429. The monoisotopic (exact) mass is 233 g/mol. The van der Waals surface area contributed by atoms with Gasteiger partial charge in [0.2, 0.25) is 0 Å². The van der Waals surface area contributed by atoms with E-state index in [9.17, 15) is 0 Å². The largest absolute Gasteiger partial charge is 0.472 e. The Morgan fingerprint density at radius 2 is 2.18 bits per heavy atom. The SMILES string of the molecule is CCCNC(c1ccoc1)c1cc(C)oc1C. The van der Waals surface area contributed by atoms with Crippen molar-refractivity contribution in [1.82, 2.24) is 5.32 Å². The van der Waals surface area contributed by atoms with Gasteiger partial charge in [-0.1, -0.05) is 6.92 Å². The maximum Gasteiger partial charge on any atom is 0.106 e. The highest BCUT2D eigenvalue weighted by molar-refractivity contribution is 5.32. The summed E-state index contributed by atoms with van der Waals surface area (Å²) in [4.78, 5) is 0. The molecule has 0 spiro atoms. The van der Waals surface area contributed by atoms with Crippen LogP contribution >= 0.6 is 0 Å². The maximum atomic E-state index is 5.60. The fourth-order valence-electron chi connectivity index (χ4n) is 2.07. The van der Waals surface area contributed by atoms with E-state index in [1.807, 2.05) is 19.9 Å². The maximum absolute atomic E-state index is 5.60. The van der Waals surface area contributed by atoms with E-state index in [1.54, 1.807) is 12.5 Å². The lowest BCUT2D eigenvalue weighted by Gasteiger charge is -2.16. The van der Waals surface area contributed by atoms with E-state index in [-0.39, 0.29) is 6.04 Å². The Balaban J connectivity index is 2.30. The van der Waals surface area contributed by atoms with Crippen molar-refractivity contribution in [2.75, 3.05) is 6.54 Å². The Morgan fingerprint density at radius 1 is 1.35 bits per heavy atom. The van der Waals surface area contributed by atoms with E-state index in [0.29, 0.717) is 0 Å².